The molecule has 0 atom stereocenters. The smallest absolute Gasteiger partial charge is 0.240 e. The highest BCUT2D eigenvalue weighted by Crippen LogP contribution is 2.27. The van der Waals surface area contributed by atoms with Crippen LogP contribution in [0.3, 0.4) is 0 Å². The van der Waals surface area contributed by atoms with Crippen molar-refractivity contribution in [2.75, 3.05) is 35.1 Å². The SMILES string of the molecule is CCN(CC)c1ccc(N(CC(=O)NC(C)C)S(C)(=O)=O)c(C)c1. The highest BCUT2D eigenvalue weighted by molar-refractivity contribution is 7.92. The van der Waals surface area contributed by atoms with Crippen molar-refractivity contribution in [1.82, 2.24) is 5.32 Å². The molecule has 6 nitrogen and oxygen atoms in total. The first-order valence-corrected chi connectivity index (χ1v) is 10.1. The number of anilines is 2. The first-order valence-electron chi connectivity index (χ1n) is 8.22. The Labute approximate surface area is 145 Å². The summed E-state index contributed by atoms with van der Waals surface area (Å²) in [6.07, 6.45) is 1.12. The van der Waals surface area contributed by atoms with E-state index in [0.29, 0.717) is 5.69 Å². The van der Waals surface area contributed by atoms with E-state index in [4.69, 9.17) is 0 Å². The Bertz CT molecular complexity index is 668. The number of nitrogens with one attached hydrogen (secondary N) is 1. The average Bonchev–Trinajstić information content (AvgIpc) is 2.45. The second kappa shape index (κ2) is 8.37. The van der Waals surface area contributed by atoms with Gasteiger partial charge in [-0.15, -0.1) is 0 Å². The van der Waals surface area contributed by atoms with Crippen LogP contribution in [0.15, 0.2) is 18.2 Å². The van der Waals surface area contributed by atoms with Crippen LogP contribution in [0.25, 0.3) is 0 Å². The van der Waals surface area contributed by atoms with Crippen LogP contribution < -0.4 is 14.5 Å². The number of rotatable bonds is 8. The molecular weight excluding hydrogens is 326 g/mol. The average molecular weight is 356 g/mol. The molecule has 0 saturated carbocycles. The van der Waals surface area contributed by atoms with Crippen LogP contribution in [0.2, 0.25) is 0 Å². The summed E-state index contributed by atoms with van der Waals surface area (Å²) in [5.74, 6) is -0.317. The van der Waals surface area contributed by atoms with Crippen molar-refractivity contribution < 1.29 is 13.2 Å². The predicted octanol–water partition coefficient (Wildman–Crippen LogP) is 2.13. The van der Waals surface area contributed by atoms with Crippen LogP contribution in [0, 0.1) is 6.92 Å². The number of aryl methyl sites for hydroxylation is 1. The quantitative estimate of drug-likeness (QED) is 0.775. The molecule has 0 saturated heterocycles. The lowest BCUT2D eigenvalue weighted by Crippen LogP contribution is -2.42. The van der Waals surface area contributed by atoms with Gasteiger partial charge in [0.25, 0.3) is 0 Å². The van der Waals surface area contributed by atoms with Crippen LogP contribution in [0.5, 0.6) is 0 Å². The largest absolute Gasteiger partial charge is 0.372 e. The zero-order valence-electron chi connectivity index (χ0n) is 15.5. The Kier molecular flexibility index (Phi) is 7.08. The summed E-state index contributed by atoms with van der Waals surface area (Å²) in [6.45, 7) is 11.2. The Morgan fingerprint density at radius 1 is 1.21 bits per heavy atom. The first kappa shape index (κ1) is 20.3. The summed E-state index contributed by atoms with van der Waals surface area (Å²) in [5, 5.41) is 2.73. The minimum Gasteiger partial charge on any atom is -0.372 e. The Balaban J connectivity index is 3.18. The second-order valence-corrected chi connectivity index (χ2v) is 8.04. The standard InChI is InChI=1S/C17H29N3O3S/c1-7-19(8-2)15-9-10-16(14(5)11-15)20(24(6,22)23)12-17(21)18-13(3)4/h9-11,13H,7-8,12H2,1-6H3,(H,18,21). The maximum absolute atomic E-state index is 12.2. The molecule has 0 heterocycles. The predicted molar refractivity (Wildman–Crippen MR) is 100 cm³/mol. The molecule has 1 aromatic rings. The third kappa shape index (κ3) is 5.40. The number of carbonyl (C=O) groups is 1. The van der Waals surface area contributed by atoms with E-state index in [1.54, 1.807) is 6.07 Å². The number of carbonyl (C=O) groups excluding carboxylic acids is 1. The van der Waals surface area contributed by atoms with Crippen LogP contribution in [0.4, 0.5) is 11.4 Å². The fourth-order valence-electron chi connectivity index (χ4n) is 2.58. The molecular formula is C17H29N3O3S. The van der Waals surface area contributed by atoms with Crippen LogP contribution in [-0.2, 0) is 14.8 Å². The van der Waals surface area contributed by atoms with Crippen LogP contribution in [0.1, 0.15) is 33.3 Å². The number of hydrogen-bond donors (Lipinski definition) is 1. The van der Waals surface area contributed by atoms with Gasteiger partial charge in [-0.25, -0.2) is 8.42 Å². The molecule has 136 valence electrons. The van der Waals surface area contributed by atoms with E-state index in [1.807, 2.05) is 32.9 Å². The zero-order valence-corrected chi connectivity index (χ0v) is 16.3. The molecule has 0 spiro atoms. The van der Waals surface area contributed by atoms with Gasteiger partial charge in [0.15, 0.2) is 0 Å². The van der Waals surface area contributed by atoms with Crippen molar-refractivity contribution in [3.05, 3.63) is 23.8 Å². The Hall–Kier alpha value is -1.76. The van der Waals surface area contributed by atoms with Crippen LogP contribution in [-0.4, -0.2) is 46.3 Å². The van der Waals surface area contributed by atoms with E-state index in [1.165, 1.54) is 0 Å². The number of nitrogens with zero attached hydrogens (tertiary/aromatic N) is 2. The lowest BCUT2D eigenvalue weighted by atomic mass is 10.1. The normalized spacial score (nSPS) is 11.5. The summed E-state index contributed by atoms with van der Waals surface area (Å²) in [4.78, 5) is 14.2. The van der Waals surface area contributed by atoms with Crippen molar-refractivity contribution >= 4 is 27.3 Å². The fourth-order valence-corrected chi connectivity index (χ4v) is 3.50. The number of hydrogen-bond acceptors (Lipinski definition) is 4. The van der Waals surface area contributed by atoms with E-state index >= 15 is 0 Å². The minimum atomic E-state index is -3.56. The molecule has 1 N–H and O–H groups in total. The first-order chi connectivity index (χ1) is 11.1. The summed E-state index contributed by atoms with van der Waals surface area (Å²) < 4.78 is 25.5. The Morgan fingerprint density at radius 3 is 2.21 bits per heavy atom. The number of benzene rings is 1. The Morgan fingerprint density at radius 2 is 1.79 bits per heavy atom. The fraction of sp³-hybridized carbons (Fsp3) is 0.588. The van der Waals surface area contributed by atoms with Gasteiger partial charge in [0.05, 0.1) is 11.9 Å². The zero-order chi connectivity index (χ0) is 18.5. The van der Waals surface area contributed by atoms with Gasteiger partial charge in [0.2, 0.25) is 15.9 Å². The molecule has 0 bridgehead atoms. The maximum Gasteiger partial charge on any atom is 0.240 e. The van der Waals surface area contributed by atoms with Gasteiger partial charge >= 0.3 is 0 Å². The molecule has 0 aliphatic rings. The molecule has 24 heavy (non-hydrogen) atoms. The molecule has 1 rings (SSSR count). The number of amides is 1. The minimum absolute atomic E-state index is 0.0370. The topological polar surface area (TPSA) is 69.7 Å². The third-order valence-electron chi connectivity index (χ3n) is 3.71. The molecule has 1 aromatic carbocycles. The van der Waals surface area contributed by atoms with E-state index in [2.05, 4.69) is 24.1 Å². The molecule has 0 radical (unpaired) electrons. The van der Waals surface area contributed by atoms with Gasteiger partial charge < -0.3 is 10.2 Å². The summed E-state index contributed by atoms with van der Waals surface area (Å²) >= 11 is 0. The lowest BCUT2D eigenvalue weighted by molar-refractivity contribution is -0.120. The molecule has 1 amide bonds. The van der Waals surface area contributed by atoms with E-state index < -0.39 is 10.0 Å². The monoisotopic (exact) mass is 355 g/mol. The van der Waals surface area contributed by atoms with E-state index in [-0.39, 0.29) is 18.5 Å². The number of sulfonamides is 1. The highest BCUT2D eigenvalue weighted by atomic mass is 32.2. The molecule has 0 aliphatic heterocycles. The van der Waals surface area contributed by atoms with E-state index in [0.717, 1.165) is 34.9 Å². The van der Waals surface area contributed by atoms with Crippen molar-refractivity contribution in [2.24, 2.45) is 0 Å². The third-order valence-corrected chi connectivity index (χ3v) is 4.84. The summed E-state index contributed by atoms with van der Waals surface area (Å²) in [5.41, 5.74) is 2.40. The van der Waals surface area contributed by atoms with Gasteiger partial charge in [0.1, 0.15) is 6.54 Å². The van der Waals surface area contributed by atoms with Crippen molar-refractivity contribution in [1.29, 1.82) is 0 Å². The lowest BCUT2D eigenvalue weighted by Gasteiger charge is -2.26. The van der Waals surface area contributed by atoms with Gasteiger partial charge in [-0.1, -0.05) is 0 Å². The summed E-state index contributed by atoms with van der Waals surface area (Å²) in [7, 11) is -3.56. The molecule has 0 aliphatic carbocycles. The molecule has 0 fully saturated rings. The highest BCUT2D eigenvalue weighted by Gasteiger charge is 2.23. The van der Waals surface area contributed by atoms with Crippen molar-refractivity contribution in [3.8, 4) is 0 Å². The maximum atomic E-state index is 12.2. The van der Waals surface area contributed by atoms with Crippen LogP contribution >= 0.6 is 0 Å². The molecule has 0 unspecified atom stereocenters. The molecule has 7 heteroatoms. The van der Waals surface area contributed by atoms with Gasteiger partial charge in [-0.05, 0) is 58.4 Å². The van der Waals surface area contributed by atoms with Crippen molar-refractivity contribution in [2.45, 2.75) is 40.7 Å². The van der Waals surface area contributed by atoms with Gasteiger partial charge in [-0.3, -0.25) is 9.10 Å². The van der Waals surface area contributed by atoms with E-state index in [9.17, 15) is 13.2 Å². The van der Waals surface area contributed by atoms with Crippen molar-refractivity contribution in [3.63, 3.8) is 0 Å². The second-order valence-electron chi connectivity index (χ2n) is 6.13. The van der Waals surface area contributed by atoms with Gasteiger partial charge in [-0.2, -0.15) is 0 Å². The summed E-state index contributed by atoms with van der Waals surface area (Å²) in [6, 6.07) is 5.59. The molecule has 0 aromatic heterocycles. The van der Waals surface area contributed by atoms with Gasteiger partial charge in [0, 0.05) is 24.8 Å².